The van der Waals surface area contributed by atoms with Crippen molar-refractivity contribution in [3.63, 3.8) is 0 Å². The molecule has 0 atom stereocenters. The molecule has 0 radical (unpaired) electrons. The first-order chi connectivity index (χ1) is 19.6. The number of fused-ring (bicyclic) bond motifs is 1. The lowest BCUT2D eigenvalue weighted by atomic mass is 9.95. The van der Waals surface area contributed by atoms with E-state index in [2.05, 4.69) is 68.3 Å². The van der Waals surface area contributed by atoms with E-state index in [1.807, 2.05) is 24.3 Å². The normalized spacial score (nSPS) is 16.7. The van der Waals surface area contributed by atoms with Crippen LogP contribution in [0.1, 0.15) is 32.1 Å². The third kappa shape index (κ3) is 5.45. The third-order valence-electron chi connectivity index (χ3n) is 8.04. The minimum Gasteiger partial charge on any atom is -0.437 e. The van der Waals surface area contributed by atoms with Crippen LogP contribution in [0.25, 0.3) is 33.6 Å². The first-order valence-corrected chi connectivity index (χ1v) is 14.2. The van der Waals surface area contributed by atoms with Crippen molar-refractivity contribution in [2.45, 2.75) is 38.1 Å². The quantitative estimate of drug-likeness (QED) is 0.273. The molecule has 8 nitrogen and oxygen atoms in total. The number of likely N-dealkylation sites (N-methyl/N-ethyl adjacent to an activating group) is 1. The highest BCUT2D eigenvalue weighted by Gasteiger charge is 2.25. The van der Waals surface area contributed by atoms with Crippen LogP contribution in [0.2, 0.25) is 0 Å². The maximum Gasteiger partial charge on any atom is 0.247 e. The van der Waals surface area contributed by atoms with E-state index in [1.54, 1.807) is 6.33 Å². The number of furan rings is 1. The van der Waals surface area contributed by atoms with Crippen LogP contribution in [0, 0.1) is 0 Å². The first kappa shape index (κ1) is 26.1. The molecule has 40 heavy (non-hydrogen) atoms. The molecule has 2 aliphatic rings. The highest BCUT2D eigenvalue weighted by molar-refractivity contribution is 6.07. The summed E-state index contributed by atoms with van der Waals surface area (Å²) < 4.78 is 6.50. The Labute approximate surface area is 235 Å². The summed E-state index contributed by atoms with van der Waals surface area (Å²) in [7, 11) is 2.17. The lowest BCUT2D eigenvalue weighted by Gasteiger charge is -2.34. The van der Waals surface area contributed by atoms with Gasteiger partial charge in [0.2, 0.25) is 11.6 Å². The van der Waals surface area contributed by atoms with E-state index in [1.165, 1.54) is 31.0 Å². The van der Waals surface area contributed by atoms with Gasteiger partial charge < -0.3 is 24.9 Å². The van der Waals surface area contributed by atoms with Gasteiger partial charge in [0.25, 0.3) is 0 Å². The summed E-state index contributed by atoms with van der Waals surface area (Å²) in [5.41, 5.74) is 5.24. The molecular formula is C32H36N6O2. The summed E-state index contributed by atoms with van der Waals surface area (Å²) in [6.07, 6.45) is 8.83. The molecule has 2 N–H and O–H groups in total. The fourth-order valence-electron chi connectivity index (χ4n) is 5.80. The average molecular weight is 537 g/mol. The van der Waals surface area contributed by atoms with Gasteiger partial charge in [0.05, 0.1) is 5.39 Å². The largest absolute Gasteiger partial charge is 0.437 e. The van der Waals surface area contributed by atoms with Gasteiger partial charge in [-0.25, -0.2) is 9.97 Å². The van der Waals surface area contributed by atoms with E-state index in [4.69, 9.17) is 4.42 Å². The van der Waals surface area contributed by atoms with Crippen LogP contribution >= 0.6 is 0 Å². The van der Waals surface area contributed by atoms with E-state index in [9.17, 15) is 4.79 Å². The molecule has 6 rings (SSSR count). The summed E-state index contributed by atoms with van der Waals surface area (Å²) in [6, 6.07) is 16.8. The molecule has 1 aliphatic carbocycles. The number of aromatic nitrogens is 2. The second-order valence-corrected chi connectivity index (χ2v) is 10.8. The molecule has 4 aromatic rings. The molecule has 1 saturated carbocycles. The summed E-state index contributed by atoms with van der Waals surface area (Å²) in [5, 5.41) is 7.45. The molecule has 2 fully saturated rings. The standard InChI is InChI=1S/C32H36N6O2/c1-3-27(39)35-25-11-7-8-23(20-25)28-29-31(36-24-9-5-4-6-10-24)33-21-34-32(29)40-30(28)22-12-14-26(15-13-22)38-18-16-37(2)17-19-38/h3,7-8,11-15,20-21,24H,1,4-6,9-10,16-19H2,2H3,(H,35,39)(H,33,34,36). The van der Waals surface area contributed by atoms with Crippen molar-refractivity contribution in [2.75, 3.05) is 48.8 Å². The van der Waals surface area contributed by atoms with Crippen LogP contribution in [-0.2, 0) is 4.79 Å². The molecule has 2 aromatic heterocycles. The van der Waals surface area contributed by atoms with Crippen molar-refractivity contribution in [2.24, 2.45) is 0 Å². The van der Waals surface area contributed by atoms with Crippen molar-refractivity contribution in [1.29, 1.82) is 0 Å². The molecule has 0 unspecified atom stereocenters. The number of piperazine rings is 1. The fourth-order valence-corrected chi connectivity index (χ4v) is 5.80. The van der Waals surface area contributed by atoms with Gasteiger partial charge in [-0.05, 0) is 67.9 Å². The number of carbonyl (C=O) groups is 1. The van der Waals surface area contributed by atoms with Crippen LogP contribution in [0.5, 0.6) is 0 Å². The van der Waals surface area contributed by atoms with Crippen LogP contribution in [-0.4, -0.2) is 60.0 Å². The predicted octanol–water partition coefficient (Wildman–Crippen LogP) is 6.18. The van der Waals surface area contributed by atoms with Crippen LogP contribution < -0.4 is 15.5 Å². The monoisotopic (exact) mass is 536 g/mol. The number of nitrogens with zero attached hydrogens (tertiary/aromatic N) is 4. The summed E-state index contributed by atoms with van der Waals surface area (Å²) >= 11 is 0. The Balaban J connectivity index is 1.44. The Hall–Kier alpha value is -4.17. The molecule has 8 heteroatoms. The Kier molecular flexibility index (Phi) is 7.51. The number of carbonyl (C=O) groups excluding carboxylic acids is 1. The van der Waals surface area contributed by atoms with Crippen LogP contribution in [0.15, 0.2) is 71.9 Å². The predicted molar refractivity (Wildman–Crippen MR) is 162 cm³/mol. The molecule has 0 bridgehead atoms. The zero-order valence-corrected chi connectivity index (χ0v) is 23.0. The van der Waals surface area contributed by atoms with E-state index in [0.717, 1.165) is 72.7 Å². The van der Waals surface area contributed by atoms with Crippen molar-refractivity contribution >= 4 is 34.2 Å². The zero-order chi connectivity index (χ0) is 27.5. The van der Waals surface area contributed by atoms with Gasteiger partial charge >= 0.3 is 0 Å². The smallest absolute Gasteiger partial charge is 0.247 e. The first-order valence-electron chi connectivity index (χ1n) is 14.2. The van der Waals surface area contributed by atoms with Crippen LogP contribution in [0.4, 0.5) is 17.2 Å². The van der Waals surface area contributed by atoms with Gasteiger partial charge in [-0.2, -0.15) is 0 Å². The SMILES string of the molecule is C=CC(=O)Nc1cccc(-c2c(-c3ccc(N4CCN(C)CC4)cc3)oc3ncnc(NC4CCCCC4)c23)c1. The topological polar surface area (TPSA) is 86.5 Å². The van der Waals surface area contributed by atoms with Crippen molar-refractivity contribution in [3.8, 4) is 22.5 Å². The number of hydrogen-bond donors (Lipinski definition) is 2. The number of anilines is 3. The second-order valence-electron chi connectivity index (χ2n) is 10.8. The maximum absolute atomic E-state index is 12.1. The minimum absolute atomic E-state index is 0.253. The number of nitrogens with one attached hydrogen (secondary N) is 2. The lowest BCUT2D eigenvalue weighted by molar-refractivity contribution is -0.111. The van der Waals surface area contributed by atoms with Gasteiger partial charge in [-0.15, -0.1) is 0 Å². The molecular weight excluding hydrogens is 500 g/mol. The summed E-state index contributed by atoms with van der Waals surface area (Å²) in [6.45, 7) is 7.73. The highest BCUT2D eigenvalue weighted by atomic mass is 16.3. The fraction of sp³-hybridized carbons (Fsp3) is 0.344. The summed E-state index contributed by atoms with van der Waals surface area (Å²) in [5.74, 6) is 1.27. The van der Waals surface area contributed by atoms with E-state index in [0.29, 0.717) is 17.4 Å². The Bertz CT molecular complexity index is 1500. The third-order valence-corrected chi connectivity index (χ3v) is 8.04. The van der Waals surface area contributed by atoms with Gasteiger partial charge in [0.15, 0.2) is 0 Å². The molecule has 1 amide bonds. The van der Waals surface area contributed by atoms with Gasteiger partial charge in [0.1, 0.15) is 17.9 Å². The van der Waals surface area contributed by atoms with E-state index >= 15 is 0 Å². The lowest BCUT2D eigenvalue weighted by Crippen LogP contribution is -2.44. The van der Waals surface area contributed by atoms with Gasteiger partial charge in [0, 0.05) is 54.7 Å². The van der Waals surface area contributed by atoms with Crippen molar-refractivity contribution in [1.82, 2.24) is 14.9 Å². The summed E-state index contributed by atoms with van der Waals surface area (Å²) in [4.78, 5) is 26.1. The molecule has 3 heterocycles. The van der Waals surface area contributed by atoms with Crippen molar-refractivity contribution in [3.05, 3.63) is 67.5 Å². The Morgan fingerprint density at radius 2 is 1.77 bits per heavy atom. The number of benzene rings is 2. The molecule has 1 aliphatic heterocycles. The molecule has 2 aromatic carbocycles. The Morgan fingerprint density at radius 1 is 1.00 bits per heavy atom. The Morgan fingerprint density at radius 3 is 2.52 bits per heavy atom. The maximum atomic E-state index is 12.1. The van der Waals surface area contributed by atoms with Crippen LogP contribution in [0.3, 0.4) is 0 Å². The number of amides is 1. The zero-order valence-electron chi connectivity index (χ0n) is 23.0. The molecule has 1 saturated heterocycles. The average Bonchev–Trinajstić information content (AvgIpc) is 3.39. The van der Waals surface area contributed by atoms with Gasteiger partial charge in [-0.3, -0.25) is 4.79 Å². The van der Waals surface area contributed by atoms with Gasteiger partial charge in [-0.1, -0.05) is 38.0 Å². The highest BCUT2D eigenvalue weighted by Crippen LogP contribution is 2.44. The van der Waals surface area contributed by atoms with E-state index in [-0.39, 0.29) is 5.91 Å². The number of hydrogen-bond acceptors (Lipinski definition) is 7. The molecule has 206 valence electrons. The number of rotatable bonds is 7. The van der Waals surface area contributed by atoms with Crippen molar-refractivity contribution < 1.29 is 9.21 Å². The second kappa shape index (κ2) is 11.5. The van der Waals surface area contributed by atoms with E-state index < -0.39 is 0 Å². The molecule has 0 spiro atoms. The minimum atomic E-state index is -0.253.